The lowest BCUT2D eigenvalue weighted by atomic mass is 10.1. The largest absolute Gasteiger partial charge is 0.484 e. The molecule has 1 aromatic heterocycles. The van der Waals surface area contributed by atoms with Crippen LogP contribution in [-0.2, 0) is 17.8 Å². The normalized spacial score (nSPS) is 14.0. The fourth-order valence-corrected chi connectivity index (χ4v) is 3.37. The van der Waals surface area contributed by atoms with Crippen molar-refractivity contribution in [2.24, 2.45) is 0 Å². The van der Waals surface area contributed by atoms with Crippen molar-refractivity contribution in [3.8, 4) is 5.75 Å². The van der Waals surface area contributed by atoms with Crippen molar-refractivity contribution in [2.75, 3.05) is 29.9 Å². The Kier molecular flexibility index (Phi) is 6.68. The lowest BCUT2D eigenvalue weighted by Gasteiger charge is -2.29. The highest BCUT2D eigenvalue weighted by Gasteiger charge is 2.21. The maximum atomic E-state index is 12.8. The highest BCUT2D eigenvalue weighted by molar-refractivity contribution is 5.94. The monoisotopic (exact) mass is 384 g/mol. The van der Waals surface area contributed by atoms with Crippen molar-refractivity contribution < 1.29 is 9.53 Å². The third-order valence-corrected chi connectivity index (χ3v) is 4.97. The zero-order chi connectivity index (χ0) is 19.9. The predicted octanol–water partition coefficient (Wildman–Crippen LogP) is 2.83. The Hall–Kier alpha value is -2.83. The minimum atomic E-state index is -0.312. The maximum Gasteiger partial charge on any atom is 0.292 e. The SMILES string of the molecule is CCc1ccc(OCC(=O)Nc2cnn(CC)c(=O)c2N2CCCCC2)cc1. The second kappa shape index (κ2) is 9.39. The Morgan fingerprint density at radius 2 is 1.86 bits per heavy atom. The van der Waals surface area contributed by atoms with Crippen LogP contribution in [0.15, 0.2) is 35.3 Å². The van der Waals surface area contributed by atoms with Gasteiger partial charge >= 0.3 is 0 Å². The smallest absolute Gasteiger partial charge is 0.292 e. The lowest BCUT2D eigenvalue weighted by Crippen LogP contribution is -2.38. The van der Waals surface area contributed by atoms with Crippen molar-refractivity contribution in [1.82, 2.24) is 9.78 Å². The summed E-state index contributed by atoms with van der Waals surface area (Å²) < 4.78 is 6.99. The molecule has 0 spiro atoms. The molecular formula is C21H28N4O3. The summed E-state index contributed by atoms with van der Waals surface area (Å²) in [6.07, 6.45) is 5.76. The first kappa shape index (κ1) is 19.9. The quantitative estimate of drug-likeness (QED) is 0.794. The van der Waals surface area contributed by atoms with Crippen molar-refractivity contribution in [1.29, 1.82) is 0 Å². The van der Waals surface area contributed by atoms with E-state index in [9.17, 15) is 9.59 Å². The molecule has 0 radical (unpaired) electrons. The van der Waals surface area contributed by atoms with Crippen LogP contribution in [0.1, 0.15) is 38.7 Å². The fourth-order valence-electron chi connectivity index (χ4n) is 3.37. The molecule has 2 heterocycles. The molecule has 1 amide bonds. The standard InChI is InChI=1S/C21H28N4O3/c1-3-16-8-10-17(11-9-16)28-15-19(26)23-18-14-22-25(4-2)21(27)20(18)24-12-6-5-7-13-24/h8-11,14H,3-7,12-13,15H2,1-2H3,(H,23,26). The van der Waals surface area contributed by atoms with Gasteiger partial charge in [0, 0.05) is 19.6 Å². The van der Waals surface area contributed by atoms with Crippen LogP contribution in [-0.4, -0.2) is 35.4 Å². The summed E-state index contributed by atoms with van der Waals surface area (Å²) in [5.41, 5.74) is 2.02. The predicted molar refractivity (Wildman–Crippen MR) is 110 cm³/mol. The minimum absolute atomic E-state index is 0.123. The van der Waals surface area contributed by atoms with Gasteiger partial charge in [-0.2, -0.15) is 5.10 Å². The second-order valence-electron chi connectivity index (χ2n) is 6.91. The van der Waals surface area contributed by atoms with E-state index in [0.29, 0.717) is 23.7 Å². The number of hydrogen-bond donors (Lipinski definition) is 1. The summed E-state index contributed by atoms with van der Waals surface area (Å²) in [6, 6.07) is 7.68. The summed E-state index contributed by atoms with van der Waals surface area (Å²) in [5.74, 6) is 0.330. The number of anilines is 2. The van der Waals surface area contributed by atoms with Gasteiger partial charge in [-0.05, 0) is 50.3 Å². The van der Waals surface area contributed by atoms with Gasteiger partial charge in [-0.25, -0.2) is 4.68 Å². The molecule has 0 saturated carbocycles. The number of aromatic nitrogens is 2. The molecular weight excluding hydrogens is 356 g/mol. The zero-order valence-corrected chi connectivity index (χ0v) is 16.6. The summed E-state index contributed by atoms with van der Waals surface area (Å²) in [7, 11) is 0. The average Bonchev–Trinajstić information content (AvgIpc) is 2.73. The molecule has 1 saturated heterocycles. The lowest BCUT2D eigenvalue weighted by molar-refractivity contribution is -0.118. The fraction of sp³-hybridized carbons (Fsp3) is 0.476. The Balaban J connectivity index is 1.72. The van der Waals surface area contributed by atoms with E-state index in [0.717, 1.165) is 38.8 Å². The van der Waals surface area contributed by atoms with Gasteiger partial charge in [-0.3, -0.25) is 9.59 Å². The molecule has 0 atom stereocenters. The van der Waals surface area contributed by atoms with Crippen molar-refractivity contribution in [3.63, 3.8) is 0 Å². The number of amides is 1. The first-order valence-corrected chi connectivity index (χ1v) is 9.99. The van der Waals surface area contributed by atoms with Crippen LogP contribution in [0.5, 0.6) is 5.75 Å². The first-order valence-electron chi connectivity index (χ1n) is 9.99. The van der Waals surface area contributed by atoms with E-state index in [1.54, 1.807) is 6.20 Å². The summed E-state index contributed by atoms with van der Waals surface area (Å²) in [4.78, 5) is 27.3. The number of hydrogen-bond acceptors (Lipinski definition) is 5. The minimum Gasteiger partial charge on any atom is -0.484 e. The van der Waals surface area contributed by atoms with E-state index in [-0.39, 0.29) is 18.1 Å². The molecule has 1 aromatic carbocycles. The second-order valence-corrected chi connectivity index (χ2v) is 6.91. The molecule has 7 nitrogen and oxygen atoms in total. The van der Waals surface area contributed by atoms with E-state index >= 15 is 0 Å². The third kappa shape index (κ3) is 4.71. The van der Waals surface area contributed by atoms with Crippen LogP contribution in [0.2, 0.25) is 0 Å². The number of rotatable bonds is 7. The van der Waals surface area contributed by atoms with E-state index < -0.39 is 0 Å². The van der Waals surface area contributed by atoms with Crippen molar-refractivity contribution in [2.45, 2.75) is 46.1 Å². The van der Waals surface area contributed by atoms with E-state index in [1.165, 1.54) is 10.2 Å². The van der Waals surface area contributed by atoms with Crippen LogP contribution in [0.3, 0.4) is 0 Å². The number of ether oxygens (including phenoxy) is 1. The topological polar surface area (TPSA) is 76.5 Å². The molecule has 2 aromatic rings. The Morgan fingerprint density at radius 1 is 1.14 bits per heavy atom. The zero-order valence-electron chi connectivity index (χ0n) is 16.6. The Labute approximate surface area is 165 Å². The molecule has 3 rings (SSSR count). The molecule has 1 aliphatic rings. The van der Waals surface area contributed by atoms with Crippen LogP contribution in [0.25, 0.3) is 0 Å². The Bertz CT molecular complexity index is 855. The van der Waals surface area contributed by atoms with E-state index in [1.807, 2.05) is 31.2 Å². The van der Waals surface area contributed by atoms with Gasteiger partial charge in [0.15, 0.2) is 6.61 Å². The highest BCUT2D eigenvalue weighted by Crippen LogP contribution is 2.24. The van der Waals surface area contributed by atoms with Crippen molar-refractivity contribution in [3.05, 3.63) is 46.4 Å². The number of benzene rings is 1. The van der Waals surface area contributed by atoms with Gasteiger partial charge in [-0.15, -0.1) is 0 Å². The van der Waals surface area contributed by atoms with Gasteiger partial charge < -0.3 is 15.0 Å². The highest BCUT2D eigenvalue weighted by atomic mass is 16.5. The van der Waals surface area contributed by atoms with Gasteiger partial charge in [0.05, 0.1) is 11.9 Å². The third-order valence-electron chi connectivity index (χ3n) is 4.97. The summed E-state index contributed by atoms with van der Waals surface area (Å²) >= 11 is 0. The molecule has 0 bridgehead atoms. The van der Waals surface area contributed by atoms with E-state index in [4.69, 9.17) is 4.74 Å². The van der Waals surface area contributed by atoms with Crippen LogP contribution >= 0.6 is 0 Å². The molecule has 0 aliphatic carbocycles. The maximum absolute atomic E-state index is 12.8. The van der Waals surface area contributed by atoms with Gasteiger partial charge in [0.2, 0.25) is 0 Å². The number of carbonyl (C=O) groups is 1. The number of carbonyl (C=O) groups excluding carboxylic acids is 1. The number of aryl methyl sites for hydroxylation is 2. The van der Waals surface area contributed by atoms with E-state index in [2.05, 4.69) is 22.2 Å². The molecule has 28 heavy (non-hydrogen) atoms. The van der Waals surface area contributed by atoms with Gasteiger partial charge in [0.1, 0.15) is 11.4 Å². The molecule has 1 fully saturated rings. The first-order chi connectivity index (χ1) is 13.6. The van der Waals surface area contributed by atoms with Crippen molar-refractivity contribution >= 4 is 17.3 Å². The molecule has 7 heteroatoms. The number of nitrogens with one attached hydrogen (secondary N) is 1. The van der Waals surface area contributed by atoms with Crippen LogP contribution < -0.4 is 20.5 Å². The molecule has 1 aliphatic heterocycles. The Morgan fingerprint density at radius 3 is 2.50 bits per heavy atom. The van der Waals surface area contributed by atoms with Gasteiger partial charge in [-0.1, -0.05) is 19.1 Å². The molecule has 150 valence electrons. The number of piperidine rings is 1. The molecule has 0 unspecified atom stereocenters. The number of nitrogens with zero attached hydrogens (tertiary/aromatic N) is 3. The van der Waals surface area contributed by atoms with Crippen LogP contribution in [0.4, 0.5) is 11.4 Å². The summed E-state index contributed by atoms with van der Waals surface area (Å²) in [6.45, 7) is 5.96. The van der Waals surface area contributed by atoms with Crippen LogP contribution in [0, 0.1) is 0 Å². The average molecular weight is 384 g/mol. The summed E-state index contributed by atoms with van der Waals surface area (Å²) in [5, 5.41) is 6.98. The van der Waals surface area contributed by atoms with Gasteiger partial charge in [0.25, 0.3) is 11.5 Å². The molecule has 1 N–H and O–H groups in total.